The molecule has 0 saturated carbocycles. The van der Waals surface area contributed by atoms with Gasteiger partial charge in [0.25, 0.3) is 0 Å². The Morgan fingerprint density at radius 2 is 1.87 bits per heavy atom. The van der Waals surface area contributed by atoms with E-state index < -0.39 is 5.69 Å². The van der Waals surface area contributed by atoms with Crippen LogP contribution in [0.25, 0.3) is 16.9 Å². The number of benzene rings is 1. The van der Waals surface area contributed by atoms with Crippen LogP contribution in [0.4, 0.5) is 10.1 Å². The number of hydrogen-bond donors (Lipinski definition) is 2. The molecule has 160 valence electrons. The number of halogens is 2. The minimum Gasteiger partial charge on any atom is -0.327 e. The second kappa shape index (κ2) is 11.0. The van der Waals surface area contributed by atoms with Crippen LogP contribution in [0.3, 0.4) is 0 Å². The average Bonchev–Trinajstić information content (AvgIpc) is 3.06. The molecule has 0 radical (unpaired) electrons. The fourth-order valence-corrected chi connectivity index (χ4v) is 2.59. The Balaban J connectivity index is 0.00000225. The van der Waals surface area contributed by atoms with E-state index in [0.717, 1.165) is 15.8 Å². The Bertz CT molecular complexity index is 1060. The number of pyridine rings is 1. The fourth-order valence-electron chi connectivity index (χ4n) is 2.59. The molecule has 0 spiro atoms. The van der Waals surface area contributed by atoms with Gasteiger partial charge in [0.05, 0.1) is 12.9 Å². The molecule has 0 atom stereocenters. The molecule has 1 amide bonds. The van der Waals surface area contributed by atoms with Gasteiger partial charge in [0.1, 0.15) is 12.1 Å². The first kappa shape index (κ1) is 24.7. The van der Waals surface area contributed by atoms with Crippen LogP contribution in [0, 0.1) is 0 Å². The van der Waals surface area contributed by atoms with Crippen LogP contribution in [0.2, 0.25) is 0 Å². The number of amides is 1. The highest BCUT2D eigenvalue weighted by molar-refractivity contribution is 5.89. The number of hydrogen-bond acceptors (Lipinski definition) is 5. The summed E-state index contributed by atoms with van der Waals surface area (Å²) in [6.45, 7) is 1.44. The molecular weight excluding hydrogens is 411 g/mol. The highest BCUT2D eigenvalue weighted by Gasteiger charge is 2.10. The maximum Gasteiger partial charge on any atom is 0.351 e. The lowest BCUT2D eigenvalue weighted by atomic mass is 10.1. The maximum absolute atomic E-state index is 12.7. The highest BCUT2D eigenvalue weighted by Crippen LogP contribution is 2.21. The summed E-state index contributed by atoms with van der Waals surface area (Å²) >= 11 is 0. The van der Waals surface area contributed by atoms with Crippen molar-refractivity contribution in [1.82, 2.24) is 19.3 Å². The normalized spacial score (nSPS) is 10.7. The number of anilines is 1. The molecule has 2 aromatic heterocycles. The van der Waals surface area contributed by atoms with Crippen LogP contribution in [0.15, 0.2) is 65.6 Å². The van der Waals surface area contributed by atoms with Crippen molar-refractivity contribution in [2.45, 2.75) is 20.9 Å². The van der Waals surface area contributed by atoms with Crippen molar-refractivity contribution in [3.05, 3.63) is 71.3 Å². The van der Waals surface area contributed by atoms with E-state index in [2.05, 4.69) is 15.4 Å². The van der Waals surface area contributed by atoms with Crippen LogP contribution < -0.4 is 16.7 Å². The summed E-state index contributed by atoms with van der Waals surface area (Å²) in [5.41, 5.74) is 7.71. The summed E-state index contributed by atoms with van der Waals surface area (Å²) in [7, 11) is 0. The minimum atomic E-state index is -0.437. The number of rotatable bonds is 6. The van der Waals surface area contributed by atoms with E-state index in [4.69, 9.17) is 5.73 Å². The summed E-state index contributed by atoms with van der Waals surface area (Å²) < 4.78 is 15.1. The van der Waals surface area contributed by atoms with Crippen molar-refractivity contribution < 1.29 is 9.18 Å². The van der Waals surface area contributed by atoms with E-state index in [-0.39, 0.29) is 44.4 Å². The summed E-state index contributed by atoms with van der Waals surface area (Å²) in [4.78, 5) is 27.8. The molecule has 0 aliphatic rings. The second-order valence-corrected chi connectivity index (χ2v) is 6.08. The lowest BCUT2D eigenvalue weighted by Gasteiger charge is -2.06. The predicted octanol–water partition coefficient (Wildman–Crippen LogP) is 2.92. The zero-order chi connectivity index (χ0) is 20.1. The zero-order valence-electron chi connectivity index (χ0n) is 15.6. The third-order valence-corrected chi connectivity index (χ3v) is 4.04. The van der Waals surface area contributed by atoms with Crippen molar-refractivity contribution in [1.29, 1.82) is 0 Å². The Morgan fingerprint density at radius 3 is 2.40 bits per heavy atom. The fraction of sp³-hybridized carbons (Fsp3) is 0.200. The molecule has 2 heterocycles. The predicted molar refractivity (Wildman–Crippen MR) is 118 cm³/mol. The molecule has 0 fully saturated rings. The molecule has 0 bridgehead atoms. The molecule has 30 heavy (non-hydrogen) atoms. The van der Waals surface area contributed by atoms with Gasteiger partial charge in [-0.25, -0.2) is 23.4 Å². The van der Waals surface area contributed by atoms with Crippen LogP contribution in [-0.4, -0.2) is 31.8 Å². The quantitative estimate of drug-likeness (QED) is 0.620. The van der Waals surface area contributed by atoms with Gasteiger partial charge in [-0.2, -0.15) is 5.10 Å². The Labute approximate surface area is 179 Å². The first-order valence-corrected chi connectivity index (χ1v) is 8.49. The summed E-state index contributed by atoms with van der Waals surface area (Å²) in [6, 6.07) is 10.8. The van der Waals surface area contributed by atoms with Crippen molar-refractivity contribution in [2.75, 3.05) is 11.9 Å². The van der Waals surface area contributed by atoms with Crippen molar-refractivity contribution >= 4 is 24.0 Å². The van der Waals surface area contributed by atoms with Crippen molar-refractivity contribution in [2.24, 2.45) is 5.73 Å². The second-order valence-electron chi connectivity index (χ2n) is 6.08. The van der Waals surface area contributed by atoms with Crippen molar-refractivity contribution in [3.8, 4) is 16.9 Å². The third kappa shape index (κ3) is 5.62. The maximum atomic E-state index is 12.7. The number of nitrogens with zero attached hydrogens (tertiary/aromatic N) is 4. The highest BCUT2D eigenvalue weighted by atomic mass is 35.5. The SMILES string of the molecule is C.CC(=O)Nc1ccc(-c2ccc(-n3cnn(C/C(=C\F)CN)c3=O)nc2)cc1.Cl. The Hall–Kier alpha value is -3.30. The molecule has 0 aliphatic carbocycles. The van der Waals surface area contributed by atoms with Gasteiger partial charge >= 0.3 is 5.69 Å². The molecule has 3 aromatic rings. The zero-order valence-corrected chi connectivity index (χ0v) is 16.4. The van der Waals surface area contributed by atoms with E-state index >= 15 is 0 Å². The van der Waals surface area contributed by atoms with Gasteiger partial charge in [-0.05, 0) is 35.4 Å². The van der Waals surface area contributed by atoms with Crippen LogP contribution >= 0.6 is 12.4 Å². The molecule has 0 unspecified atom stereocenters. The molecule has 3 N–H and O–H groups in total. The number of carbonyl (C=O) groups is 1. The first-order chi connectivity index (χ1) is 13.5. The lowest BCUT2D eigenvalue weighted by Crippen LogP contribution is -2.26. The van der Waals surface area contributed by atoms with Gasteiger partial charge in [-0.3, -0.25) is 4.79 Å². The standard InChI is InChI=1S/C19H19FN6O2.CH4.ClH/c1-13(27)24-17-5-2-15(3-6-17)16-4-7-18(22-10-16)25-12-23-26(19(25)28)11-14(8-20)9-21;;/h2-8,10,12H,9,11,21H2,1H3,(H,24,27);1H4;1H/b14-8-;;. The van der Waals surface area contributed by atoms with Gasteiger partial charge in [0.15, 0.2) is 0 Å². The van der Waals surface area contributed by atoms with E-state index in [1.54, 1.807) is 24.4 Å². The minimum absolute atomic E-state index is 0. The number of carbonyl (C=O) groups excluding carboxylic acids is 1. The Morgan fingerprint density at radius 1 is 1.20 bits per heavy atom. The van der Waals surface area contributed by atoms with Gasteiger partial charge in [-0.1, -0.05) is 19.6 Å². The van der Waals surface area contributed by atoms with Gasteiger partial charge in [0, 0.05) is 30.9 Å². The van der Waals surface area contributed by atoms with Gasteiger partial charge in [-0.15, -0.1) is 12.4 Å². The van der Waals surface area contributed by atoms with Crippen molar-refractivity contribution in [3.63, 3.8) is 0 Å². The molecule has 0 aliphatic heterocycles. The van der Waals surface area contributed by atoms with E-state index in [1.165, 1.54) is 17.8 Å². The lowest BCUT2D eigenvalue weighted by molar-refractivity contribution is -0.114. The van der Waals surface area contributed by atoms with E-state index in [1.807, 2.05) is 18.2 Å². The third-order valence-electron chi connectivity index (χ3n) is 4.04. The first-order valence-electron chi connectivity index (χ1n) is 8.49. The number of aromatic nitrogens is 4. The molecule has 10 heteroatoms. The van der Waals surface area contributed by atoms with Crippen LogP contribution in [0.1, 0.15) is 14.4 Å². The summed E-state index contributed by atoms with van der Waals surface area (Å²) in [5, 5.41) is 6.68. The number of nitrogens with two attached hydrogens (primary N) is 1. The van der Waals surface area contributed by atoms with E-state index in [0.29, 0.717) is 17.8 Å². The molecule has 3 rings (SSSR count). The smallest absolute Gasteiger partial charge is 0.327 e. The average molecular weight is 435 g/mol. The number of nitrogens with one attached hydrogen (secondary N) is 1. The van der Waals surface area contributed by atoms with Crippen LogP contribution in [-0.2, 0) is 11.3 Å². The largest absolute Gasteiger partial charge is 0.351 e. The molecule has 1 aromatic carbocycles. The summed E-state index contributed by atoms with van der Waals surface area (Å²) in [5.74, 6) is 0.263. The molecular formula is C20H24ClFN6O2. The molecule has 8 nitrogen and oxygen atoms in total. The monoisotopic (exact) mass is 434 g/mol. The molecule has 0 saturated heterocycles. The topological polar surface area (TPSA) is 108 Å². The van der Waals surface area contributed by atoms with Gasteiger partial charge in [0.2, 0.25) is 5.91 Å². The Kier molecular flexibility index (Phi) is 9.10. The van der Waals surface area contributed by atoms with E-state index in [9.17, 15) is 14.0 Å². The summed E-state index contributed by atoms with van der Waals surface area (Å²) in [6.07, 6.45) is 3.36. The van der Waals surface area contributed by atoms with Crippen LogP contribution in [0.5, 0.6) is 0 Å². The van der Waals surface area contributed by atoms with Gasteiger partial charge < -0.3 is 11.1 Å².